The number of hydrogen-bond donors (Lipinski definition) is 1. The highest BCUT2D eigenvalue weighted by Crippen LogP contribution is 2.35. The van der Waals surface area contributed by atoms with Gasteiger partial charge in [-0.3, -0.25) is 0 Å². The Balaban J connectivity index is 2.34. The zero-order valence-electron chi connectivity index (χ0n) is 10.4. The Labute approximate surface area is 109 Å². The maximum Gasteiger partial charge on any atom is 0.418 e. The van der Waals surface area contributed by atoms with Crippen LogP contribution in [0.4, 0.5) is 13.2 Å². The average molecular weight is 275 g/mol. The van der Waals surface area contributed by atoms with Crippen LogP contribution in [0.25, 0.3) is 0 Å². The number of hydrogen-bond acceptors (Lipinski definition) is 1. The highest BCUT2D eigenvalue weighted by atomic mass is 19.4. The molecule has 0 spiro atoms. The van der Waals surface area contributed by atoms with E-state index in [1.165, 1.54) is 4.57 Å². The molecule has 1 N–H and O–H groups in total. The van der Waals surface area contributed by atoms with Crippen molar-refractivity contribution in [2.45, 2.75) is 50.7 Å². The number of halogens is 3. The van der Waals surface area contributed by atoms with Crippen LogP contribution in [0.2, 0.25) is 0 Å². The third-order valence-corrected chi connectivity index (χ3v) is 3.63. The lowest BCUT2D eigenvalue weighted by Crippen LogP contribution is -2.10. The van der Waals surface area contributed by atoms with Gasteiger partial charge in [0.1, 0.15) is 0 Å². The van der Waals surface area contributed by atoms with Crippen LogP contribution in [0.1, 0.15) is 60.5 Å². The standard InChI is InChI=1S/C13H16F3NO2/c14-13(15,16)11-8-17(7-10(11)12(18)19)9-5-3-1-2-4-6-9/h7-9H,1-6H2,(H,18,19). The molecule has 0 aliphatic heterocycles. The number of aromatic nitrogens is 1. The Morgan fingerprint density at radius 1 is 1.16 bits per heavy atom. The number of nitrogens with zero attached hydrogens (tertiary/aromatic N) is 1. The fourth-order valence-corrected chi connectivity index (χ4v) is 2.64. The van der Waals surface area contributed by atoms with E-state index in [2.05, 4.69) is 0 Å². The molecule has 106 valence electrons. The molecule has 0 bridgehead atoms. The summed E-state index contributed by atoms with van der Waals surface area (Å²) in [4.78, 5) is 10.9. The number of rotatable bonds is 2. The molecule has 0 atom stereocenters. The quantitative estimate of drug-likeness (QED) is 0.826. The number of carboxylic acid groups (broad SMARTS) is 1. The zero-order valence-corrected chi connectivity index (χ0v) is 10.4. The molecule has 19 heavy (non-hydrogen) atoms. The Bertz CT molecular complexity index is 457. The highest BCUT2D eigenvalue weighted by Gasteiger charge is 2.37. The van der Waals surface area contributed by atoms with Gasteiger partial charge < -0.3 is 9.67 Å². The van der Waals surface area contributed by atoms with Crippen LogP contribution in [0, 0.1) is 0 Å². The molecule has 0 unspecified atom stereocenters. The summed E-state index contributed by atoms with van der Waals surface area (Å²) >= 11 is 0. The molecule has 1 aromatic heterocycles. The van der Waals surface area contributed by atoms with E-state index >= 15 is 0 Å². The lowest BCUT2D eigenvalue weighted by atomic mass is 10.1. The van der Waals surface area contributed by atoms with Crippen LogP contribution in [0.15, 0.2) is 12.4 Å². The average Bonchev–Trinajstić information content (AvgIpc) is 2.60. The van der Waals surface area contributed by atoms with E-state index in [9.17, 15) is 18.0 Å². The summed E-state index contributed by atoms with van der Waals surface area (Å²) in [6.45, 7) is 0. The van der Waals surface area contributed by atoms with Gasteiger partial charge in [-0.15, -0.1) is 0 Å². The van der Waals surface area contributed by atoms with Gasteiger partial charge in [-0.1, -0.05) is 25.7 Å². The molecular formula is C13H16F3NO2. The summed E-state index contributed by atoms with van der Waals surface area (Å²) in [5.74, 6) is -1.53. The molecule has 1 aromatic rings. The fraction of sp³-hybridized carbons (Fsp3) is 0.615. The van der Waals surface area contributed by atoms with E-state index in [-0.39, 0.29) is 6.04 Å². The van der Waals surface area contributed by atoms with Crippen molar-refractivity contribution in [2.75, 3.05) is 0 Å². The second-order valence-corrected chi connectivity index (χ2v) is 4.98. The van der Waals surface area contributed by atoms with Gasteiger partial charge in [0.15, 0.2) is 0 Å². The lowest BCUT2D eigenvalue weighted by molar-refractivity contribution is -0.138. The van der Waals surface area contributed by atoms with Gasteiger partial charge in [-0.2, -0.15) is 13.2 Å². The van der Waals surface area contributed by atoms with Crippen LogP contribution < -0.4 is 0 Å². The minimum atomic E-state index is -4.62. The summed E-state index contributed by atoms with van der Waals surface area (Å²) in [5.41, 5.74) is -1.71. The van der Waals surface area contributed by atoms with Crippen LogP contribution in [-0.2, 0) is 6.18 Å². The van der Waals surface area contributed by atoms with E-state index in [4.69, 9.17) is 5.11 Å². The Hall–Kier alpha value is -1.46. The van der Waals surface area contributed by atoms with Gasteiger partial charge >= 0.3 is 12.1 Å². The molecule has 0 radical (unpaired) electrons. The topological polar surface area (TPSA) is 42.2 Å². The number of carbonyl (C=O) groups is 1. The van der Waals surface area contributed by atoms with Crippen LogP contribution in [-0.4, -0.2) is 15.6 Å². The van der Waals surface area contributed by atoms with Crippen molar-refractivity contribution >= 4 is 5.97 Å². The third-order valence-electron chi connectivity index (χ3n) is 3.63. The molecule has 1 fully saturated rings. The summed E-state index contributed by atoms with van der Waals surface area (Å²) in [6, 6.07) is -0.0169. The Morgan fingerprint density at radius 2 is 1.74 bits per heavy atom. The molecule has 1 aliphatic rings. The zero-order chi connectivity index (χ0) is 14.0. The fourth-order valence-electron chi connectivity index (χ4n) is 2.64. The third kappa shape index (κ3) is 3.11. The molecule has 1 saturated carbocycles. The predicted molar refractivity (Wildman–Crippen MR) is 63.1 cm³/mol. The monoisotopic (exact) mass is 275 g/mol. The van der Waals surface area contributed by atoms with Crippen molar-refractivity contribution in [1.29, 1.82) is 0 Å². The first-order chi connectivity index (χ1) is 8.89. The molecule has 0 saturated heterocycles. The maximum atomic E-state index is 12.8. The number of aromatic carboxylic acids is 1. The Kier molecular flexibility index (Phi) is 3.87. The van der Waals surface area contributed by atoms with E-state index in [0.29, 0.717) is 0 Å². The first-order valence-electron chi connectivity index (χ1n) is 6.41. The Morgan fingerprint density at radius 3 is 2.16 bits per heavy atom. The normalized spacial score (nSPS) is 18.3. The van der Waals surface area contributed by atoms with Crippen molar-refractivity contribution in [1.82, 2.24) is 4.57 Å². The second kappa shape index (κ2) is 5.27. The van der Waals surface area contributed by atoms with Crippen molar-refractivity contribution in [3.63, 3.8) is 0 Å². The second-order valence-electron chi connectivity index (χ2n) is 4.98. The van der Waals surface area contributed by atoms with Crippen LogP contribution in [0.3, 0.4) is 0 Å². The molecule has 3 nitrogen and oxygen atoms in total. The summed E-state index contributed by atoms with van der Waals surface area (Å²) in [6.07, 6.45) is 3.21. The minimum absolute atomic E-state index is 0.0169. The number of carboxylic acids is 1. The van der Waals surface area contributed by atoms with Crippen molar-refractivity contribution < 1.29 is 23.1 Å². The smallest absolute Gasteiger partial charge is 0.418 e. The van der Waals surface area contributed by atoms with Gasteiger partial charge in [0.05, 0.1) is 11.1 Å². The summed E-state index contributed by atoms with van der Waals surface area (Å²) in [7, 11) is 0. The van der Waals surface area contributed by atoms with E-state index < -0.39 is 23.3 Å². The molecule has 0 amide bonds. The van der Waals surface area contributed by atoms with Crippen LogP contribution in [0.5, 0.6) is 0 Å². The van der Waals surface area contributed by atoms with Gasteiger partial charge in [0.2, 0.25) is 0 Å². The van der Waals surface area contributed by atoms with Crippen molar-refractivity contribution in [3.05, 3.63) is 23.5 Å². The highest BCUT2D eigenvalue weighted by molar-refractivity contribution is 5.89. The van der Waals surface area contributed by atoms with E-state index in [1.807, 2.05) is 0 Å². The SMILES string of the molecule is O=C(O)c1cn(C2CCCCCC2)cc1C(F)(F)F. The van der Waals surface area contributed by atoms with Gasteiger partial charge in [-0.25, -0.2) is 4.79 Å². The van der Waals surface area contributed by atoms with Gasteiger partial charge in [0.25, 0.3) is 0 Å². The molecule has 1 aliphatic carbocycles. The molecular weight excluding hydrogens is 259 g/mol. The van der Waals surface area contributed by atoms with E-state index in [1.54, 1.807) is 0 Å². The molecule has 6 heteroatoms. The largest absolute Gasteiger partial charge is 0.478 e. The van der Waals surface area contributed by atoms with Crippen LogP contribution >= 0.6 is 0 Å². The van der Waals surface area contributed by atoms with E-state index in [0.717, 1.165) is 50.9 Å². The van der Waals surface area contributed by atoms with Gasteiger partial charge in [0, 0.05) is 18.4 Å². The first kappa shape index (κ1) is 14.0. The first-order valence-corrected chi connectivity index (χ1v) is 6.41. The number of alkyl halides is 3. The molecule has 0 aromatic carbocycles. The lowest BCUT2D eigenvalue weighted by Gasteiger charge is -2.16. The minimum Gasteiger partial charge on any atom is -0.478 e. The predicted octanol–water partition coefficient (Wildman–Crippen LogP) is 4.10. The van der Waals surface area contributed by atoms with Gasteiger partial charge in [-0.05, 0) is 12.8 Å². The van der Waals surface area contributed by atoms with Crippen molar-refractivity contribution in [2.24, 2.45) is 0 Å². The maximum absolute atomic E-state index is 12.8. The molecule has 1 heterocycles. The summed E-state index contributed by atoms with van der Waals surface area (Å²) < 4.78 is 39.8. The molecule has 2 rings (SSSR count). The summed E-state index contributed by atoms with van der Waals surface area (Å²) in [5, 5.41) is 8.88. The van der Waals surface area contributed by atoms with Crippen molar-refractivity contribution in [3.8, 4) is 0 Å².